The Balaban J connectivity index is 3.00. The van der Waals surface area contributed by atoms with Crippen molar-refractivity contribution in [2.75, 3.05) is 25.4 Å². The van der Waals surface area contributed by atoms with Crippen LogP contribution in [0.5, 0.6) is 5.75 Å². The normalized spacial score (nSPS) is 10.0. The summed E-state index contributed by atoms with van der Waals surface area (Å²) in [5.74, 6) is -0.320. The molecule has 6 nitrogen and oxygen atoms in total. The predicted octanol–water partition coefficient (Wildman–Crippen LogP) is 0.615. The molecule has 19 heavy (non-hydrogen) atoms. The van der Waals surface area contributed by atoms with Gasteiger partial charge in [0.2, 0.25) is 5.91 Å². The molecular weight excluding hydrogens is 246 g/mol. The number of primary amides is 1. The number of hydrogen-bond acceptors (Lipinski definition) is 4. The lowest BCUT2D eigenvalue weighted by Gasteiger charge is -2.19. The van der Waals surface area contributed by atoms with Gasteiger partial charge < -0.3 is 21.1 Å². The molecule has 0 saturated carbocycles. The number of likely N-dealkylation sites (N-methyl/N-ethyl adjacent to an activating group) is 1. The first kappa shape index (κ1) is 14.8. The zero-order chi connectivity index (χ0) is 14.4. The molecule has 0 heterocycles. The zero-order valence-electron chi connectivity index (χ0n) is 11.2. The van der Waals surface area contributed by atoms with Crippen molar-refractivity contribution in [1.29, 1.82) is 0 Å². The number of nitrogen functional groups attached to an aromatic ring is 1. The highest BCUT2D eigenvalue weighted by atomic mass is 16.5. The van der Waals surface area contributed by atoms with Gasteiger partial charge in [0.25, 0.3) is 5.91 Å². The molecule has 0 saturated heterocycles. The lowest BCUT2D eigenvalue weighted by atomic mass is 10.1. The van der Waals surface area contributed by atoms with E-state index < -0.39 is 5.91 Å². The Kier molecular flexibility index (Phi) is 5.17. The topological polar surface area (TPSA) is 98.7 Å². The maximum atomic E-state index is 12.2. The van der Waals surface area contributed by atoms with Gasteiger partial charge in [0.05, 0.1) is 13.2 Å². The lowest BCUT2D eigenvalue weighted by molar-refractivity contribution is -0.118. The highest BCUT2D eigenvalue weighted by Gasteiger charge is 2.17. The van der Waals surface area contributed by atoms with E-state index in [0.717, 1.165) is 0 Å². The molecule has 0 atom stereocenters. The molecule has 0 aliphatic carbocycles. The van der Waals surface area contributed by atoms with Crippen LogP contribution in [0, 0.1) is 0 Å². The molecule has 6 heteroatoms. The molecule has 104 valence electrons. The van der Waals surface area contributed by atoms with Crippen molar-refractivity contribution in [3.8, 4) is 5.75 Å². The van der Waals surface area contributed by atoms with E-state index in [-0.39, 0.29) is 12.5 Å². The van der Waals surface area contributed by atoms with E-state index in [4.69, 9.17) is 16.2 Å². The molecule has 1 aromatic carbocycles. The van der Waals surface area contributed by atoms with E-state index in [1.807, 2.05) is 6.92 Å². The highest BCUT2D eigenvalue weighted by molar-refractivity contribution is 5.97. The van der Waals surface area contributed by atoms with Crippen LogP contribution in [0.1, 0.15) is 24.2 Å². The fourth-order valence-electron chi connectivity index (χ4n) is 1.69. The number of amides is 2. The number of rotatable bonds is 6. The predicted molar refractivity (Wildman–Crippen MR) is 72.8 cm³/mol. The van der Waals surface area contributed by atoms with Crippen LogP contribution in [0.15, 0.2) is 18.2 Å². The third-order valence-corrected chi connectivity index (χ3v) is 2.50. The molecule has 0 unspecified atom stereocenters. The molecule has 0 fully saturated rings. The number of hydrogen-bond donors (Lipinski definition) is 2. The van der Waals surface area contributed by atoms with Gasteiger partial charge in [-0.05, 0) is 26.0 Å². The highest BCUT2D eigenvalue weighted by Crippen LogP contribution is 2.20. The van der Waals surface area contributed by atoms with Crippen LogP contribution in [-0.4, -0.2) is 36.4 Å². The van der Waals surface area contributed by atoms with Crippen molar-refractivity contribution in [3.05, 3.63) is 23.8 Å². The van der Waals surface area contributed by atoms with Gasteiger partial charge in [-0.3, -0.25) is 9.59 Å². The molecule has 4 N–H and O–H groups in total. The van der Waals surface area contributed by atoms with Crippen LogP contribution in [-0.2, 0) is 4.79 Å². The first-order chi connectivity index (χ1) is 8.97. The lowest BCUT2D eigenvalue weighted by Crippen LogP contribution is -2.38. The number of carbonyl (C=O) groups is 2. The summed E-state index contributed by atoms with van der Waals surface area (Å²) in [7, 11) is 0. The Labute approximate surface area is 112 Å². The van der Waals surface area contributed by atoms with Crippen LogP contribution in [0.2, 0.25) is 0 Å². The van der Waals surface area contributed by atoms with E-state index >= 15 is 0 Å². The van der Waals surface area contributed by atoms with Gasteiger partial charge in [0.15, 0.2) is 0 Å². The zero-order valence-corrected chi connectivity index (χ0v) is 11.2. The quantitative estimate of drug-likeness (QED) is 0.736. The summed E-state index contributed by atoms with van der Waals surface area (Å²) >= 11 is 0. The molecule has 0 bridgehead atoms. The fourth-order valence-corrected chi connectivity index (χ4v) is 1.69. The minimum absolute atomic E-state index is 0.117. The maximum absolute atomic E-state index is 12.2. The number of carbonyl (C=O) groups excluding carboxylic acids is 2. The first-order valence-electron chi connectivity index (χ1n) is 6.08. The molecule has 1 rings (SSSR count). The minimum atomic E-state index is -0.552. The second kappa shape index (κ2) is 6.63. The number of benzene rings is 1. The van der Waals surface area contributed by atoms with Crippen molar-refractivity contribution in [3.63, 3.8) is 0 Å². The summed E-state index contributed by atoms with van der Waals surface area (Å²) in [5.41, 5.74) is 11.7. The van der Waals surface area contributed by atoms with Gasteiger partial charge in [0.1, 0.15) is 5.75 Å². The van der Waals surface area contributed by atoms with E-state index in [1.165, 1.54) is 4.90 Å². The van der Waals surface area contributed by atoms with Gasteiger partial charge in [-0.1, -0.05) is 0 Å². The summed E-state index contributed by atoms with van der Waals surface area (Å²) in [4.78, 5) is 24.5. The number of nitrogens with two attached hydrogens (primary N) is 2. The van der Waals surface area contributed by atoms with Crippen molar-refractivity contribution in [1.82, 2.24) is 4.90 Å². The number of anilines is 1. The smallest absolute Gasteiger partial charge is 0.254 e. The third kappa shape index (κ3) is 4.17. The van der Waals surface area contributed by atoms with Gasteiger partial charge in [-0.25, -0.2) is 0 Å². The summed E-state index contributed by atoms with van der Waals surface area (Å²) < 4.78 is 5.33. The van der Waals surface area contributed by atoms with Crippen molar-refractivity contribution in [2.24, 2.45) is 5.73 Å². The minimum Gasteiger partial charge on any atom is -0.494 e. The van der Waals surface area contributed by atoms with Gasteiger partial charge >= 0.3 is 0 Å². The maximum Gasteiger partial charge on any atom is 0.254 e. The van der Waals surface area contributed by atoms with Crippen LogP contribution in [0.4, 0.5) is 5.69 Å². The van der Waals surface area contributed by atoms with Crippen LogP contribution >= 0.6 is 0 Å². The average molecular weight is 265 g/mol. The Hall–Kier alpha value is -2.24. The average Bonchev–Trinajstić information content (AvgIpc) is 2.34. The van der Waals surface area contributed by atoms with E-state index in [1.54, 1.807) is 25.1 Å². The second-order valence-electron chi connectivity index (χ2n) is 4.01. The largest absolute Gasteiger partial charge is 0.494 e. The Bertz CT molecular complexity index is 474. The number of nitrogens with zero attached hydrogens (tertiary/aromatic N) is 1. The summed E-state index contributed by atoms with van der Waals surface area (Å²) in [6.45, 7) is 4.37. The summed E-state index contributed by atoms with van der Waals surface area (Å²) in [5, 5.41) is 0. The fraction of sp³-hybridized carbons (Fsp3) is 0.385. The van der Waals surface area contributed by atoms with Crippen molar-refractivity contribution < 1.29 is 14.3 Å². The molecule has 0 aliphatic heterocycles. The van der Waals surface area contributed by atoms with E-state index in [9.17, 15) is 9.59 Å². The molecule has 0 aliphatic rings. The third-order valence-electron chi connectivity index (χ3n) is 2.50. The number of ether oxygens (including phenoxy) is 1. The second-order valence-corrected chi connectivity index (χ2v) is 4.01. The molecule has 2 amide bonds. The van der Waals surface area contributed by atoms with Gasteiger partial charge in [-0.15, -0.1) is 0 Å². The first-order valence-corrected chi connectivity index (χ1v) is 6.08. The Morgan fingerprint density at radius 1 is 1.26 bits per heavy atom. The molecule has 0 spiro atoms. The van der Waals surface area contributed by atoms with Gasteiger partial charge in [-0.2, -0.15) is 0 Å². The molecule has 0 aromatic heterocycles. The standard InChI is InChI=1S/C13H19N3O3/c1-3-16(8-12(15)17)13(18)9-5-10(14)7-11(6-9)19-4-2/h5-7H,3-4,8,14H2,1-2H3,(H2,15,17). The molecule has 0 radical (unpaired) electrons. The van der Waals surface area contributed by atoms with Crippen LogP contribution < -0.4 is 16.2 Å². The summed E-state index contributed by atoms with van der Waals surface area (Å²) in [6.07, 6.45) is 0. The van der Waals surface area contributed by atoms with Crippen LogP contribution in [0.3, 0.4) is 0 Å². The SMILES string of the molecule is CCOc1cc(N)cc(C(=O)N(CC)CC(N)=O)c1. The monoisotopic (exact) mass is 265 g/mol. The van der Waals surface area contributed by atoms with Gasteiger partial charge in [0, 0.05) is 23.9 Å². The summed E-state index contributed by atoms with van der Waals surface area (Å²) in [6, 6.07) is 4.80. The molecular formula is C13H19N3O3. The Morgan fingerprint density at radius 2 is 1.95 bits per heavy atom. The molecule has 1 aromatic rings. The van der Waals surface area contributed by atoms with Crippen LogP contribution in [0.25, 0.3) is 0 Å². The van der Waals surface area contributed by atoms with E-state index in [2.05, 4.69) is 0 Å². The van der Waals surface area contributed by atoms with Crippen molar-refractivity contribution >= 4 is 17.5 Å². The van der Waals surface area contributed by atoms with Crippen molar-refractivity contribution in [2.45, 2.75) is 13.8 Å². The Morgan fingerprint density at radius 3 is 2.47 bits per heavy atom. The van der Waals surface area contributed by atoms with E-state index in [0.29, 0.717) is 30.2 Å².